The minimum absolute atomic E-state index is 0.0725. The molecule has 0 amide bonds. The van der Waals surface area contributed by atoms with Crippen LogP contribution in [0.3, 0.4) is 0 Å². The molecule has 0 aliphatic carbocycles. The maximum Gasteiger partial charge on any atom is 0.327 e. The number of halogens is 3. The standard InChI is InChI=1S/C15H12Cl2INO4S/c1-9(15(20)21)19(11-4-2-10(18)3-5-11)24(22,23)12-6-7-13(16)14(17)8-12/h2-9H,1H3,(H,20,21). The van der Waals surface area contributed by atoms with Gasteiger partial charge in [-0.05, 0) is 72.0 Å². The topological polar surface area (TPSA) is 74.7 Å². The lowest BCUT2D eigenvalue weighted by atomic mass is 10.2. The van der Waals surface area contributed by atoms with Gasteiger partial charge in [-0.25, -0.2) is 13.2 Å². The van der Waals surface area contributed by atoms with E-state index >= 15 is 0 Å². The maximum atomic E-state index is 13.0. The van der Waals surface area contributed by atoms with Crippen LogP contribution in [0.4, 0.5) is 5.69 Å². The summed E-state index contributed by atoms with van der Waals surface area (Å²) >= 11 is 13.8. The second kappa shape index (κ2) is 7.47. The third kappa shape index (κ3) is 3.96. The lowest BCUT2D eigenvalue weighted by Gasteiger charge is -2.28. The van der Waals surface area contributed by atoms with Crippen LogP contribution in [0.25, 0.3) is 0 Å². The van der Waals surface area contributed by atoms with Crippen LogP contribution >= 0.6 is 45.8 Å². The van der Waals surface area contributed by atoms with E-state index in [-0.39, 0.29) is 20.6 Å². The molecule has 128 valence electrons. The van der Waals surface area contributed by atoms with E-state index in [2.05, 4.69) is 22.6 Å². The average Bonchev–Trinajstić information content (AvgIpc) is 2.51. The van der Waals surface area contributed by atoms with E-state index in [1.165, 1.54) is 25.1 Å². The van der Waals surface area contributed by atoms with Gasteiger partial charge in [-0.1, -0.05) is 23.2 Å². The minimum atomic E-state index is -4.14. The molecule has 5 nitrogen and oxygen atoms in total. The van der Waals surface area contributed by atoms with Crippen molar-refractivity contribution in [3.05, 3.63) is 56.1 Å². The number of benzene rings is 2. The Bertz CT molecular complexity index is 872. The zero-order valence-corrected chi connectivity index (χ0v) is 16.8. The highest BCUT2D eigenvalue weighted by Gasteiger charge is 2.33. The van der Waals surface area contributed by atoms with Crippen molar-refractivity contribution < 1.29 is 18.3 Å². The smallest absolute Gasteiger partial charge is 0.327 e. The van der Waals surface area contributed by atoms with Crippen molar-refractivity contribution in [3.8, 4) is 0 Å². The Morgan fingerprint density at radius 1 is 1.12 bits per heavy atom. The van der Waals surface area contributed by atoms with Crippen molar-refractivity contribution in [2.24, 2.45) is 0 Å². The van der Waals surface area contributed by atoms with Gasteiger partial charge >= 0.3 is 5.97 Å². The zero-order valence-electron chi connectivity index (χ0n) is 12.3. The van der Waals surface area contributed by atoms with Crippen molar-refractivity contribution >= 4 is 67.5 Å². The number of carboxylic acid groups (broad SMARTS) is 1. The lowest BCUT2D eigenvalue weighted by Crippen LogP contribution is -2.43. The molecule has 0 fully saturated rings. The first-order valence-corrected chi connectivity index (χ1v) is 9.90. The lowest BCUT2D eigenvalue weighted by molar-refractivity contribution is -0.137. The van der Waals surface area contributed by atoms with Gasteiger partial charge in [0, 0.05) is 3.57 Å². The number of aliphatic carboxylic acids is 1. The predicted molar refractivity (Wildman–Crippen MR) is 102 cm³/mol. The fraction of sp³-hybridized carbons (Fsp3) is 0.133. The summed E-state index contributed by atoms with van der Waals surface area (Å²) in [6.45, 7) is 1.30. The molecule has 0 bridgehead atoms. The molecule has 0 heterocycles. The molecule has 9 heteroatoms. The molecule has 0 spiro atoms. The number of nitrogens with zero attached hydrogens (tertiary/aromatic N) is 1. The first-order chi connectivity index (χ1) is 11.1. The van der Waals surface area contributed by atoms with Crippen LogP contribution in [-0.2, 0) is 14.8 Å². The Labute approximate surface area is 163 Å². The van der Waals surface area contributed by atoms with E-state index in [4.69, 9.17) is 23.2 Å². The fourth-order valence-corrected chi connectivity index (χ4v) is 4.37. The first kappa shape index (κ1) is 19.3. The predicted octanol–water partition coefficient (Wildman–Crippen LogP) is 4.27. The summed E-state index contributed by atoms with van der Waals surface area (Å²) in [5.41, 5.74) is 0.247. The first-order valence-electron chi connectivity index (χ1n) is 6.62. The number of sulfonamides is 1. The van der Waals surface area contributed by atoms with E-state index < -0.39 is 22.0 Å². The molecule has 2 aromatic carbocycles. The van der Waals surface area contributed by atoms with Gasteiger partial charge in [0.25, 0.3) is 10.0 Å². The average molecular weight is 500 g/mol. The molecule has 0 aliphatic rings. The molecule has 2 rings (SSSR count). The molecule has 0 aromatic heterocycles. The van der Waals surface area contributed by atoms with Gasteiger partial charge < -0.3 is 5.11 Å². The van der Waals surface area contributed by atoms with E-state index in [0.29, 0.717) is 0 Å². The Hall–Kier alpha value is -1.03. The zero-order chi connectivity index (χ0) is 18.1. The summed E-state index contributed by atoms with van der Waals surface area (Å²) in [7, 11) is -4.14. The van der Waals surface area contributed by atoms with Crippen molar-refractivity contribution in [1.82, 2.24) is 0 Å². The second-order valence-corrected chi connectivity index (χ2v) is 8.74. The number of carboxylic acids is 1. The molecule has 0 radical (unpaired) electrons. The van der Waals surface area contributed by atoms with E-state index in [0.717, 1.165) is 7.88 Å². The van der Waals surface area contributed by atoms with Crippen LogP contribution < -0.4 is 4.31 Å². The number of carbonyl (C=O) groups is 1. The fourth-order valence-electron chi connectivity index (χ4n) is 2.01. The number of rotatable bonds is 5. The summed E-state index contributed by atoms with van der Waals surface area (Å²) in [6.07, 6.45) is 0. The van der Waals surface area contributed by atoms with Gasteiger partial charge in [0.05, 0.1) is 20.6 Å². The molecule has 0 saturated carbocycles. The third-order valence-corrected chi connectivity index (χ3v) is 6.59. The quantitative estimate of drug-likeness (QED) is 0.623. The van der Waals surface area contributed by atoms with Gasteiger partial charge in [-0.15, -0.1) is 0 Å². The molecule has 1 N–H and O–H groups in total. The molecular weight excluding hydrogens is 488 g/mol. The molecule has 2 aromatic rings. The monoisotopic (exact) mass is 499 g/mol. The van der Waals surface area contributed by atoms with Crippen molar-refractivity contribution in [2.45, 2.75) is 17.9 Å². The Balaban J connectivity index is 2.62. The van der Waals surface area contributed by atoms with Gasteiger partial charge in [0.15, 0.2) is 0 Å². The van der Waals surface area contributed by atoms with Crippen LogP contribution in [0.15, 0.2) is 47.4 Å². The van der Waals surface area contributed by atoms with E-state index in [1.807, 2.05) is 0 Å². The molecular formula is C15H12Cl2INO4S. The largest absolute Gasteiger partial charge is 0.480 e. The molecule has 24 heavy (non-hydrogen) atoms. The van der Waals surface area contributed by atoms with Crippen molar-refractivity contribution in [3.63, 3.8) is 0 Å². The molecule has 1 unspecified atom stereocenters. The summed E-state index contributed by atoms with van der Waals surface area (Å²) < 4.78 is 27.7. The van der Waals surface area contributed by atoms with Gasteiger partial charge in [0.2, 0.25) is 0 Å². The highest BCUT2D eigenvalue weighted by Crippen LogP contribution is 2.30. The van der Waals surface area contributed by atoms with Crippen molar-refractivity contribution in [2.75, 3.05) is 4.31 Å². The summed E-state index contributed by atoms with van der Waals surface area (Å²) in [6, 6.07) is 9.04. The maximum absolute atomic E-state index is 13.0. The highest BCUT2D eigenvalue weighted by atomic mass is 127. The van der Waals surface area contributed by atoms with E-state index in [1.54, 1.807) is 24.3 Å². The normalized spacial score (nSPS) is 12.7. The molecule has 0 aliphatic heterocycles. The van der Waals surface area contributed by atoms with Crippen LogP contribution in [-0.4, -0.2) is 25.5 Å². The molecule has 1 atom stereocenters. The van der Waals surface area contributed by atoms with Crippen LogP contribution in [0.2, 0.25) is 10.0 Å². The third-order valence-electron chi connectivity index (χ3n) is 3.24. The van der Waals surface area contributed by atoms with Crippen LogP contribution in [0, 0.1) is 3.57 Å². The van der Waals surface area contributed by atoms with Crippen LogP contribution in [0.1, 0.15) is 6.92 Å². The summed E-state index contributed by atoms with van der Waals surface area (Å²) in [4.78, 5) is 11.3. The number of anilines is 1. The SMILES string of the molecule is CC(C(=O)O)N(c1ccc(I)cc1)S(=O)(=O)c1ccc(Cl)c(Cl)c1. The second-order valence-electron chi connectivity index (χ2n) is 4.87. The Morgan fingerprint density at radius 3 is 2.21 bits per heavy atom. The van der Waals surface area contributed by atoms with Crippen molar-refractivity contribution in [1.29, 1.82) is 0 Å². The van der Waals surface area contributed by atoms with Gasteiger partial charge in [-0.3, -0.25) is 4.31 Å². The summed E-state index contributed by atoms with van der Waals surface area (Å²) in [5, 5.41) is 9.61. The number of hydrogen-bond acceptors (Lipinski definition) is 3. The molecule has 0 saturated heterocycles. The highest BCUT2D eigenvalue weighted by molar-refractivity contribution is 14.1. The summed E-state index contributed by atoms with van der Waals surface area (Å²) in [5.74, 6) is -1.27. The number of hydrogen-bond donors (Lipinski definition) is 1. The van der Waals surface area contributed by atoms with Crippen LogP contribution in [0.5, 0.6) is 0 Å². The Morgan fingerprint density at radius 2 is 1.71 bits per heavy atom. The van der Waals surface area contributed by atoms with E-state index in [9.17, 15) is 18.3 Å². The van der Waals surface area contributed by atoms with Gasteiger partial charge in [-0.2, -0.15) is 0 Å². The van der Waals surface area contributed by atoms with Gasteiger partial charge in [0.1, 0.15) is 6.04 Å². The minimum Gasteiger partial charge on any atom is -0.480 e. The Kier molecular flexibility index (Phi) is 6.00.